The van der Waals surface area contributed by atoms with Crippen LogP contribution in [0.25, 0.3) is 0 Å². The molecular formula is C31H37FN2O5. The van der Waals surface area contributed by atoms with E-state index in [2.05, 4.69) is 0 Å². The van der Waals surface area contributed by atoms with Crippen molar-refractivity contribution in [3.8, 4) is 0 Å². The van der Waals surface area contributed by atoms with Gasteiger partial charge < -0.3 is 19.6 Å². The number of carbonyl (C=O) groups excluding carboxylic acids is 3. The Hall–Kier alpha value is -3.52. The Kier molecular flexibility index (Phi) is 10.3. The minimum absolute atomic E-state index is 0.0397. The quantitative estimate of drug-likeness (QED) is 0.409. The Morgan fingerprint density at radius 2 is 1.72 bits per heavy atom. The third kappa shape index (κ3) is 7.99. The maximum Gasteiger partial charge on any atom is 0.309 e. The summed E-state index contributed by atoms with van der Waals surface area (Å²) < 4.78 is 19.0. The van der Waals surface area contributed by atoms with E-state index in [9.17, 15) is 23.9 Å². The normalized spacial score (nSPS) is 22.8. The second-order valence-corrected chi connectivity index (χ2v) is 10.4. The van der Waals surface area contributed by atoms with Crippen molar-refractivity contribution < 1.29 is 28.6 Å². The van der Waals surface area contributed by atoms with Gasteiger partial charge >= 0.3 is 5.97 Å². The van der Waals surface area contributed by atoms with Crippen molar-refractivity contribution in [2.45, 2.75) is 51.1 Å². The highest BCUT2D eigenvalue weighted by Crippen LogP contribution is 2.26. The van der Waals surface area contributed by atoms with Crippen LogP contribution in [0.1, 0.15) is 43.2 Å². The van der Waals surface area contributed by atoms with Crippen LogP contribution < -0.4 is 0 Å². The molecule has 0 aliphatic carbocycles. The zero-order chi connectivity index (χ0) is 27.6. The van der Waals surface area contributed by atoms with E-state index in [0.717, 1.165) is 24.0 Å². The van der Waals surface area contributed by atoms with E-state index in [1.54, 1.807) is 21.9 Å². The number of amides is 2. The third-order valence-electron chi connectivity index (χ3n) is 7.52. The monoisotopic (exact) mass is 536 g/mol. The Bertz CT molecular complexity index is 1140. The molecule has 1 saturated heterocycles. The van der Waals surface area contributed by atoms with Gasteiger partial charge in [-0.15, -0.1) is 0 Å². The summed E-state index contributed by atoms with van der Waals surface area (Å²) in [5, 5.41) is 9.58. The minimum Gasteiger partial charge on any atom is -0.463 e. The lowest BCUT2D eigenvalue weighted by molar-refractivity contribution is -0.152. The minimum atomic E-state index is -0.544. The second-order valence-electron chi connectivity index (χ2n) is 10.4. The number of cyclic esters (lactones) is 1. The first kappa shape index (κ1) is 28.5. The summed E-state index contributed by atoms with van der Waals surface area (Å²) in [6, 6.07) is 15.5. The smallest absolute Gasteiger partial charge is 0.309 e. The molecular weight excluding hydrogens is 499 g/mol. The lowest BCUT2D eigenvalue weighted by atomic mass is 9.94. The van der Waals surface area contributed by atoms with Crippen molar-refractivity contribution in [3.63, 3.8) is 0 Å². The van der Waals surface area contributed by atoms with Crippen LogP contribution in [0.2, 0.25) is 0 Å². The first-order valence-corrected chi connectivity index (χ1v) is 13.7. The summed E-state index contributed by atoms with van der Waals surface area (Å²) in [7, 11) is 0. The molecule has 8 heteroatoms. The summed E-state index contributed by atoms with van der Waals surface area (Å²) in [6.45, 7) is 1.09. The number of aliphatic hydroxyl groups excluding tert-OH is 1. The maximum absolute atomic E-state index is 13.6. The van der Waals surface area contributed by atoms with Crippen LogP contribution in [0.3, 0.4) is 0 Å². The van der Waals surface area contributed by atoms with Crippen LogP contribution in [-0.4, -0.2) is 65.0 Å². The number of benzene rings is 2. The van der Waals surface area contributed by atoms with E-state index in [0.29, 0.717) is 32.4 Å². The Morgan fingerprint density at radius 3 is 2.44 bits per heavy atom. The standard InChI is InChI=1S/C31H37FN2O5/c32-27-14-12-23(13-15-27)19-26-10-5-4-9-25(30(37)34-16-6-11-28(34)22-39-31(26)38)20-29(36)33(17-18-35)21-24-7-2-1-3-8-24/h1-5,7-8,12-15,25-26,28,35H,6,9-11,16-22H2/b5-4-/t25-,26-,28-/m1/s1. The number of ether oxygens (including phenoxy) is 1. The lowest BCUT2D eigenvalue weighted by Gasteiger charge is -2.30. The number of nitrogens with zero attached hydrogens (tertiary/aromatic N) is 2. The molecule has 2 aromatic rings. The molecule has 2 aliphatic heterocycles. The van der Waals surface area contributed by atoms with Gasteiger partial charge in [0.2, 0.25) is 11.8 Å². The zero-order valence-corrected chi connectivity index (χ0v) is 22.2. The lowest BCUT2D eigenvalue weighted by Crippen LogP contribution is -2.44. The number of hydrogen-bond donors (Lipinski definition) is 1. The molecule has 0 unspecified atom stereocenters. The fourth-order valence-corrected chi connectivity index (χ4v) is 5.35. The SMILES string of the molecule is O=C1OC[C@H]2CCCN2C(=O)[C@@H](CC(=O)N(CCO)Cc2ccccc2)C/C=C\C[C@@H]1Cc1ccc(F)cc1. The molecule has 2 aromatic carbocycles. The molecule has 2 aliphatic rings. The van der Waals surface area contributed by atoms with Crippen LogP contribution >= 0.6 is 0 Å². The average molecular weight is 537 g/mol. The highest BCUT2D eigenvalue weighted by molar-refractivity contribution is 5.86. The van der Waals surface area contributed by atoms with Crippen molar-refractivity contribution in [1.82, 2.24) is 9.80 Å². The summed E-state index contributed by atoms with van der Waals surface area (Å²) in [5.41, 5.74) is 1.81. The largest absolute Gasteiger partial charge is 0.463 e. The van der Waals surface area contributed by atoms with Crippen LogP contribution in [0.15, 0.2) is 66.7 Å². The molecule has 0 saturated carbocycles. The summed E-state index contributed by atoms with van der Waals surface area (Å²) in [6.07, 6.45) is 6.57. The van der Waals surface area contributed by atoms with Gasteiger partial charge in [-0.05, 0) is 55.4 Å². The van der Waals surface area contributed by atoms with Gasteiger partial charge in [0.1, 0.15) is 12.4 Å². The van der Waals surface area contributed by atoms with Crippen LogP contribution in [0.5, 0.6) is 0 Å². The summed E-state index contributed by atoms with van der Waals surface area (Å²) in [5.74, 6) is -1.90. The Balaban J connectivity index is 1.50. The number of carbonyl (C=O) groups is 3. The van der Waals surface area contributed by atoms with Gasteiger partial charge in [-0.25, -0.2) is 4.39 Å². The first-order chi connectivity index (χ1) is 18.9. The molecule has 208 valence electrons. The van der Waals surface area contributed by atoms with Crippen molar-refractivity contribution in [2.24, 2.45) is 11.8 Å². The molecule has 0 aromatic heterocycles. The number of rotatable bonds is 8. The number of esters is 1. The van der Waals surface area contributed by atoms with Crippen LogP contribution in [0, 0.1) is 17.7 Å². The van der Waals surface area contributed by atoms with Crippen molar-refractivity contribution in [1.29, 1.82) is 0 Å². The van der Waals surface area contributed by atoms with E-state index < -0.39 is 11.8 Å². The molecule has 1 N–H and O–H groups in total. The van der Waals surface area contributed by atoms with Crippen LogP contribution in [-0.2, 0) is 32.1 Å². The van der Waals surface area contributed by atoms with Crippen LogP contribution in [0.4, 0.5) is 4.39 Å². The molecule has 3 atom stereocenters. The topological polar surface area (TPSA) is 87.2 Å². The van der Waals surface area contributed by atoms with Gasteiger partial charge in [-0.3, -0.25) is 14.4 Å². The van der Waals surface area contributed by atoms with Crippen molar-refractivity contribution >= 4 is 17.8 Å². The number of fused-ring (bicyclic) bond motifs is 1. The first-order valence-electron chi connectivity index (χ1n) is 13.7. The molecule has 39 heavy (non-hydrogen) atoms. The number of halogens is 1. The van der Waals surface area contributed by atoms with Gasteiger partial charge in [0, 0.05) is 26.1 Å². The van der Waals surface area contributed by atoms with E-state index >= 15 is 0 Å². The molecule has 0 radical (unpaired) electrons. The molecule has 0 spiro atoms. The Labute approximate surface area is 229 Å². The van der Waals surface area contributed by atoms with Crippen molar-refractivity contribution in [2.75, 3.05) is 26.3 Å². The highest BCUT2D eigenvalue weighted by atomic mass is 19.1. The molecule has 2 amide bonds. The number of hydrogen-bond acceptors (Lipinski definition) is 5. The fraction of sp³-hybridized carbons (Fsp3) is 0.452. The number of aliphatic hydroxyl groups is 1. The fourth-order valence-electron chi connectivity index (χ4n) is 5.35. The summed E-state index contributed by atoms with van der Waals surface area (Å²) >= 11 is 0. The molecule has 2 heterocycles. The predicted molar refractivity (Wildman–Crippen MR) is 145 cm³/mol. The van der Waals surface area contributed by atoms with E-state index in [-0.39, 0.29) is 55.8 Å². The Morgan fingerprint density at radius 1 is 1.00 bits per heavy atom. The van der Waals surface area contributed by atoms with Gasteiger partial charge in [0.05, 0.1) is 24.5 Å². The molecule has 7 nitrogen and oxygen atoms in total. The predicted octanol–water partition coefficient (Wildman–Crippen LogP) is 3.90. The van der Waals surface area contributed by atoms with Gasteiger partial charge in [0.25, 0.3) is 0 Å². The molecule has 4 rings (SSSR count). The van der Waals surface area contributed by atoms with Crippen molar-refractivity contribution in [3.05, 3.63) is 83.7 Å². The van der Waals surface area contributed by atoms with Gasteiger partial charge in [0.15, 0.2) is 0 Å². The maximum atomic E-state index is 13.6. The molecule has 0 bridgehead atoms. The highest BCUT2D eigenvalue weighted by Gasteiger charge is 2.35. The third-order valence-corrected chi connectivity index (χ3v) is 7.52. The van der Waals surface area contributed by atoms with Gasteiger partial charge in [-0.1, -0.05) is 54.6 Å². The van der Waals surface area contributed by atoms with E-state index in [1.807, 2.05) is 42.5 Å². The van der Waals surface area contributed by atoms with E-state index in [1.165, 1.54) is 12.1 Å². The average Bonchev–Trinajstić information content (AvgIpc) is 3.41. The van der Waals surface area contributed by atoms with E-state index in [4.69, 9.17) is 4.74 Å². The molecule has 1 fully saturated rings. The zero-order valence-electron chi connectivity index (χ0n) is 22.2. The number of allylic oxidation sites excluding steroid dienone is 2. The summed E-state index contributed by atoms with van der Waals surface area (Å²) in [4.78, 5) is 43.3. The van der Waals surface area contributed by atoms with Gasteiger partial charge in [-0.2, -0.15) is 0 Å². The second kappa shape index (κ2) is 14.0.